The van der Waals surface area contributed by atoms with Crippen molar-refractivity contribution < 1.29 is 0 Å². The molecule has 0 radical (unpaired) electrons. The molecule has 1 fully saturated rings. The summed E-state index contributed by atoms with van der Waals surface area (Å²) in [6, 6.07) is 0.717. The largest absolute Gasteiger partial charge is 0.362 e. The van der Waals surface area contributed by atoms with Crippen molar-refractivity contribution in [2.24, 2.45) is 16.8 Å². The van der Waals surface area contributed by atoms with Gasteiger partial charge in [0.25, 0.3) is 0 Å². The summed E-state index contributed by atoms with van der Waals surface area (Å²) in [5.74, 6) is 2.91. The molecule has 0 aromatic rings. The van der Waals surface area contributed by atoms with E-state index in [4.69, 9.17) is 0 Å². The van der Waals surface area contributed by atoms with Crippen LogP contribution in [0.15, 0.2) is 4.99 Å². The van der Waals surface area contributed by atoms with Crippen molar-refractivity contribution in [3.05, 3.63) is 0 Å². The van der Waals surface area contributed by atoms with Gasteiger partial charge in [0.2, 0.25) is 0 Å². The second-order valence-electron chi connectivity index (χ2n) is 4.48. The summed E-state index contributed by atoms with van der Waals surface area (Å²) in [4.78, 5) is 4.53. The van der Waals surface area contributed by atoms with E-state index < -0.39 is 0 Å². The van der Waals surface area contributed by atoms with Crippen molar-refractivity contribution in [3.63, 3.8) is 0 Å². The molecule has 2 rings (SSSR count). The molecule has 0 aromatic carbocycles. The standard InChI is InChI=1S/C10H18N2S/c1-7-3-9(4-7)12-10-11-5-8(2)6-13-10/h7-9H,3-6H2,1-2H3,(H,11,12). The minimum atomic E-state index is 0.717. The summed E-state index contributed by atoms with van der Waals surface area (Å²) in [6.45, 7) is 5.59. The van der Waals surface area contributed by atoms with Gasteiger partial charge in [0.1, 0.15) is 0 Å². The molecule has 0 spiro atoms. The minimum absolute atomic E-state index is 0.717. The molecular formula is C10H18N2S. The van der Waals surface area contributed by atoms with Gasteiger partial charge in [-0.25, -0.2) is 0 Å². The minimum Gasteiger partial charge on any atom is -0.362 e. The predicted molar refractivity (Wildman–Crippen MR) is 59.2 cm³/mol. The van der Waals surface area contributed by atoms with Crippen molar-refractivity contribution in [2.45, 2.75) is 32.7 Å². The fraction of sp³-hybridized carbons (Fsp3) is 0.900. The average molecular weight is 198 g/mol. The van der Waals surface area contributed by atoms with Crippen LogP contribution in [0.3, 0.4) is 0 Å². The molecule has 0 amide bonds. The summed E-state index contributed by atoms with van der Waals surface area (Å²) in [7, 11) is 0. The number of hydrogen-bond acceptors (Lipinski definition) is 3. The number of aliphatic imine (C=N–C) groups is 1. The zero-order valence-corrected chi connectivity index (χ0v) is 9.23. The third-order valence-corrected chi connectivity index (χ3v) is 4.01. The highest BCUT2D eigenvalue weighted by molar-refractivity contribution is 8.13. The van der Waals surface area contributed by atoms with E-state index in [0.717, 1.165) is 24.4 Å². The molecule has 1 N–H and O–H groups in total. The normalized spacial score (nSPS) is 39.2. The lowest BCUT2D eigenvalue weighted by atomic mass is 9.82. The van der Waals surface area contributed by atoms with Crippen LogP contribution in [0.2, 0.25) is 0 Å². The van der Waals surface area contributed by atoms with Crippen molar-refractivity contribution in [1.29, 1.82) is 0 Å². The van der Waals surface area contributed by atoms with Crippen LogP contribution < -0.4 is 5.32 Å². The Labute approximate surface area is 84.6 Å². The number of thioether (sulfide) groups is 1. The van der Waals surface area contributed by atoms with E-state index in [1.54, 1.807) is 0 Å². The molecule has 74 valence electrons. The number of hydrogen-bond donors (Lipinski definition) is 1. The van der Waals surface area contributed by atoms with E-state index in [-0.39, 0.29) is 0 Å². The van der Waals surface area contributed by atoms with Crippen LogP contribution in [0.5, 0.6) is 0 Å². The van der Waals surface area contributed by atoms with E-state index in [0.29, 0.717) is 0 Å². The van der Waals surface area contributed by atoms with Gasteiger partial charge in [0, 0.05) is 18.3 Å². The van der Waals surface area contributed by atoms with Crippen molar-refractivity contribution in [2.75, 3.05) is 12.3 Å². The fourth-order valence-corrected chi connectivity index (χ4v) is 2.80. The third-order valence-electron chi connectivity index (χ3n) is 2.75. The van der Waals surface area contributed by atoms with E-state index in [1.807, 2.05) is 11.8 Å². The Morgan fingerprint density at radius 2 is 2.08 bits per heavy atom. The van der Waals surface area contributed by atoms with Gasteiger partial charge in [-0.05, 0) is 24.7 Å². The Bertz CT molecular complexity index is 209. The maximum atomic E-state index is 4.53. The zero-order valence-electron chi connectivity index (χ0n) is 8.42. The van der Waals surface area contributed by atoms with Gasteiger partial charge >= 0.3 is 0 Å². The highest BCUT2D eigenvalue weighted by Gasteiger charge is 2.26. The van der Waals surface area contributed by atoms with E-state index in [9.17, 15) is 0 Å². The molecule has 0 bridgehead atoms. The van der Waals surface area contributed by atoms with Gasteiger partial charge in [0.15, 0.2) is 5.17 Å². The number of nitrogens with zero attached hydrogens (tertiary/aromatic N) is 1. The molecule has 13 heavy (non-hydrogen) atoms. The Hall–Kier alpha value is -0.180. The summed E-state index contributed by atoms with van der Waals surface area (Å²) in [6.07, 6.45) is 2.66. The summed E-state index contributed by atoms with van der Waals surface area (Å²) >= 11 is 1.89. The van der Waals surface area contributed by atoms with Crippen LogP contribution in [-0.2, 0) is 0 Å². The molecule has 1 atom stereocenters. The van der Waals surface area contributed by atoms with Crippen LogP contribution in [-0.4, -0.2) is 23.5 Å². The SMILES string of the molecule is CC1CN=C(NC2CC(C)C2)SC1. The van der Waals surface area contributed by atoms with Gasteiger partial charge in [-0.15, -0.1) is 0 Å². The molecule has 1 aliphatic carbocycles. The van der Waals surface area contributed by atoms with E-state index >= 15 is 0 Å². The van der Waals surface area contributed by atoms with E-state index in [2.05, 4.69) is 24.2 Å². The zero-order chi connectivity index (χ0) is 9.26. The highest BCUT2D eigenvalue weighted by atomic mass is 32.2. The number of nitrogens with one attached hydrogen (secondary N) is 1. The third kappa shape index (κ3) is 2.39. The van der Waals surface area contributed by atoms with Crippen molar-refractivity contribution in [3.8, 4) is 0 Å². The van der Waals surface area contributed by atoms with Crippen molar-refractivity contribution in [1.82, 2.24) is 5.32 Å². The Balaban J connectivity index is 1.76. The molecule has 0 aromatic heterocycles. The molecule has 1 heterocycles. The number of amidine groups is 1. The molecule has 1 aliphatic heterocycles. The second-order valence-corrected chi connectivity index (χ2v) is 5.49. The Morgan fingerprint density at radius 3 is 2.62 bits per heavy atom. The van der Waals surface area contributed by atoms with Crippen LogP contribution in [0.1, 0.15) is 26.7 Å². The first-order valence-electron chi connectivity index (χ1n) is 5.18. The lowest BCUT2D eigenvalue weighted by Crippen LogP contribution is -2.43. The lowest BCUT2D eigenvalue weighted by molar-refractivity contribution is 0.268. The van der Waals surface area contributed by atoms with Crippen LogP contribution in [0.25, 0.3) is 0 Å². The molecule has 1 saturated carbocycles. The lowest BCUT2D eigenvalue weighted by Gasteiger charge is -2.35. The van der Waals surface area contributed by atoms with Gasteiger partial charge in [0.05, 0.1) is 0 Å². The van der Waals surface area contributed by atoms with Crippen LogP contribution >= 0.6 is 11.8 Å². The first-order valence-corrected chi connectivity index (χ1v) is 6.16. The average Bonchev–Trinajstić information content (AvgIpc) is 2.06. The Morgan fingerprint density at radius 1 is 1.31 bits per heavy atom. The highest BCUT2D eigenvalue weighted by Crippen LogP contribution is 2.27. The second kappa shape index (κ2) is 3.91. The molecular weight excluding hydrogens is 180 g/mol. The Kier molecular flexibility index (Phi) is 2.82. The quantitative estimate of drug-likeness (QED) is 0.698. The molecule has 2 nitrogen and oxygen atoms in total. The fourth-order valence-electron chi connectivity index (χ4n) is 1.84. The van der Waals surface area contributed by atoms with Crippen molar-refractivity contribution >= 4 is 16.9 Å². The maximum absolute atomic E-state index is 4.53. The van der Waals surface area contributed by atoms with Crippen LogP contribution in [0.4, 0.5) is 0 Å². The molecule has 2 aliphatic rings. The topological polar surface area (TPSA) is 24.4 Å². The summed E-state index contributed by atoms with van der Waals surface area (Å²) in [5, 5.41) is 4.71. The summed E-state index contributed by atoms with van der Waals surface area (Å²) < 4.78 is 0. The first-order chi connectivity index (χ1) is 6.24. The summed E-state index contributed by atoms with van der Waals surface area (Å²) in [5.41, 5.74) is 0. The monoisotopic (exact) mass is 198 g/mol. The van der Waals surface area contributed by atoms with Crippen LogP contribution in [0, 0.1) is 11.8 Å². The van der Waals surface area contributed by atoms with Gasteiger partial charge in [-0.3, -0.25) is 4.99 Å². The molecule has 0 saturated heterocycles. The van der Waals surface area contributed by atoms with E-state index in [1.165, 1.54) is 23.8 Å². The molecule has 1 unspecified atom stereocenters. The van der Waals surface area contributed by atoms with Gasteiger partial charge in [-0.2, -0.15) is 0 Å². The van der Waals surface area contributed by atoms with Gasteiger partial charge < -0.3 is 5.32 Å². The maximum Gasteiger partial charge on any atom is 0.156 e. The molecule has 3 heteroatoms. The van der Waals surface area contributed by atoms with Gasteiger partial charge in [-0.1, -0.05) is 25.6 Å². The first kappa shape index (κ1) is 9.38. The number of rotatable bonds is 1. The predicted octanol–water partition coefficient (Wildman–Crippen LogP) is 2.11. The smallest absolute Gasteiger partial charge is 0.156 e.